The number of aromatic nitrogens is 4. The molecule has 2 N–H and O–H groups in total. The lowest BCUT2D eigenvalue weighted by atomic mass is 10.1. The summed E-state index contributed by atoms with van der Waals surface area (Å²) in [6, 6.07) is 5.84. The molecule has 20 heavy (non-hydrogen) atoms. The molecule has 0 radical (unpaired) electrons. The van der Waals surface area contributed by atoms with E-state index in [-0.39, 0.29) is 6.04 Å². The average molecular weight is 293 g/mol. The van der Waals surface area contributed by atoms with Gasteiger partial charge in [-0.15, -0.1) is 5.10 Å². The van der Waals surface area contributed by atoms with Crippen molar-refractivity contribution in [2.24, 2.45) is 0 Å². The van der Waals surface area contributed by atoms with Crippen LogP contribution in [0.3, 0.4) is 0 Å². The first-order valence-corrected chi connectivity index (χ1v) is 8.16. The minimum atomic E-state index is -0.804. The SMILES string of the molecule is Cc1cc(-c2nnnn2C(C)CCS(C)=O)ccc1N. The van der Waals surface area contributed by atoms with E-state index in [0.717, 1.165) is 23.2 Å². The molecule has 6 nitrogen and oxygen atoms in total. The van der Waals surface area contributed by atoms with Gasteiger partial charge in [-0.1, -0.05) is 0 Å². The number of nitrogens with zero attached hydrogens (tertiary/aromatic N) is 4. The number of benzene rings is 1. The predicted molar refractivity (Wildman–Crippen MR) is 80.7 cm³/mol. The molecular weight excluding hydrogens is 274 g/mol. The highest BCUT2D eigenvalue weighted by molar-refractivity contribution is 7.84. The highest BCUT2D eigenvalue weighted by atomic mass is 32.2. The average Bonchev–Trinajstić information content (AvgIpc) is 2.88. The first-order valence-electron chi connectivity index (χ1n) is 6.43. The molecule has 0 amide bonds. The monoisotopic (exact) mass is 293 g/mol. The standard InChI is InChI=1S/C13H19N5OS/c1-9-8-11(4-5-12(9)14)13-15-16-17-18(13)10(2)6-7-20(3)19/h4-5,8,10H,6-7,14H2,1-3H3. The van der Waals surface area contributed by atoms with Gasteiger partial charge in [-0.05, 0) is 54.5 Å². The summed E-state index contributed by atoms with van der Waals surface area (Å²) in [4.78, 5) is 0. The van der Waals surface area contributed by atoms with Crippen LogP contribution in [0.4, 0.5) is 5.69 Å². The Labute approximate surface area is 120 Å². The van der Waals surface area contributed by atoms with E-state index in [9.17, 15) is 4.21 Å². The molecule has 1 aromatic carbocycles. The van der Waals surface area contributed by atoms with E-state index in [1.807, 2.05) is 32.0 Å². The molecule has 1 aromatic heterocycles. The summed E-state index contributed by atoms with van der Waals surface area (Å²) in [6.07, 6.45) is 2.48. The van der Waals surface area contributed by atoms with E-state index in [1.165, 1.54) is 0 Å². The Morgan fingerprint density at radius 1 is 1.45 bits per heavy atom. The highest BCUT2D eigenvalue weighted by Gasteiger charge is 2.15. The Bertz CT molecular complexity index is 625. The molecule has 0 aliphatic carbocycles. The quantitative estimate of drug-likeness (QED) is 0.845. The van der Waals surface area contributed by atoms with Gasteiger partial charge in [-0.2, -0.15) is 0 Å². The molecule has 0 fully saturated rings. The first kappa shape index (κ1) is 14.6. The van der Waals surface area contributed by atoms with E-state index < -0.39 is 10.8 Å². The maximum atomic E-state index is 11.2. The Morgan fingerprint density at radius 2 is 2.20 bits per heavy atom. The lowest BCUT2D eigenvalue weighted by molar-refractivity contribution is 0.470. The molecule has 2 atom stereocenters. The third kappa shape index (κ3) is 3.22. The van der Waals surface area contributed by atoms with Gasteiger partial charge in [-0.25, -0.2) is 4.68 Å². The zero-order valence-corrected chi connectivity index (χ0v) is 12.7. The number of aryl methyl sites for hydroxylation is 1. The third-order valence-corrected chi connectivity index (χ3v) is 4.07. The van der Waals surface area contributed by atoms with Crippen LogP contribution in [0.2, 0.25) is 0 Å². The van der Waals surface area contributed by atoms with Crippen molar-refractivity contribution in [3.05, 3.63) is 23.8 Å². The Balaban J connectivity index is 2.27. The number of nitrogen functional groups attached to an aromatic ring is 1. The molecule has 7 heteroatoms. The summed E-state index contributed by atoms with van der Waals surface area (Å²) in [7, 11) is -0.804. The fraction of sp³-hybridized carbons (Fsp3) is 0.462. The molecule has 0 spiro atoms. The molecule has 1 heterocycles. The molecule has 0 saturated carbocycles. The summed E-state index contributed by atoms with van der Waals surface area (Å²) in [6.45, 7) is 3.98. The van der Waals surface area contributed by atoms with Crippen molar-refractivity contribution >= 4 is 16.5 Å². The number of rotatable bonds is 5. The van der Waals surface area contributed by atoms with Gasteiger partial charge in [0, 0.05) is 34.1 Å². The summed E-state index contributed by atoms with van der Waals surface area (Å²) >= 11 is 0. The Hall–Kier alpha value is -1.76. The number of nitrogens with two attached hydrogens (primary N) is 1. The maximum absolute atomic E-state index is 11.2. The van der Waals surface area contributed by atoms with Gasteiger partial charge >= 0.3 is 0 Å². The summed E-state index contributed by atoms with van der Waals surface area (Å²) < 4.78 is 13.0. The van der Waals surface area contributed by atoms with Crippen LogP contribution in [0.15, 0.2) is 18.2 Å². The van der Waals surface area contributed by atoms with Gasteiger partial charge in [0.25, 0.3) is 0 Å². The van der Waals surface area contributed by atoms with E-state index in [4.69, 9.17) is 5.73 Å². The zero-order valence-electron chi connectivity index (χ0n) is 11.9. The van der Waals surface area contributed by atoms with Crippen LogP contribution < -0.4 is 5.73 Å². The van der Waals surface area contributed by atoms with E-state index >= 15 is 0 Å². The van der Waals surface area contributed by atoms with Crippen molar-refractivity contribution < 1.29 is 4.21 Å². The zero-order chi connectivity index (χ0) is 14.7. The largest absolute Gasteiger partial charge is 0.399 e. The summed E-state index contributed by atoms with van der Waals surface area (Å²) in [5, 5.41) is 11.9. The molecule has 0 saturated heterocycles. The highest BCUT2D eigenvalue weighted by Crippen LogP contribution is 2.23. The van der Waals surface area contributed by atoms with Crippen LogP contribution >= 0.6 is 0 Å². The smallest absolute Gasteiger partial charge is 0.182 e. The van der Waals surface area contributed by atoms with Gasteiger partial charge in [0.15, 0.2) is 5.82 Å². The van der Waals surface area contributed by atoms with Crippen LogP contribution in [0, 0.1) is 6.92 Å². The molecule has 0 aliphatic heterocycles. The molecule has 108 valence electrons. The molecular formula is C13H19N5OS. The van der Waals surface area contributed by atoms with Crippen LogP contribution in [0.5, 0.6) is 0 Å². The topological polar surface area (TPSA) is 86.7 Å². The predicted octanol–water partition coefficient (Wildman–Crippen LogP) is 1.56. The number of tetrazole rings is 1. The van der Waals surface area contributed by atoms with Gasteiger partial charge in [-0.3, -0.25) is 4.21 Å². The van der Waals surface area contributed by atoms with E-state index in [0.29, 0.717) is 11.6 Å². The lowest BCUT2D eigenvalue weighted by Crippen LogP contribution is -2.12. The van der Waals surface area contributed by atoms with Crippen LogP contribution in [-0.2, 0) is 10.8 Å². The second-order valence-corrected chi connectivity index (χ2v) is 6.49. The van der Waals surface area contributed by atoms with Crippen LogP contribution in [-0.4, -0.2) is 36.4 Å². The fourth-order valence-electron chi connectivity index (χ4n) is 1.95. The summed E-state index contributed by atoms with van der Waals surface area (Å²) in [5.74, 6) is 1.35. The lowest BCUT2D eigenvalue weighted by Gasteiger charge is -2.13. The molecule has 0 aliphatic rings. The van der Waals surface area contributed by atoms with Crippen molar-refractivity contribution in [2.45, 2.75) is 26.3 Å². The minimum Gasteiger partial charge on any atom is -0.399 e. The fourth-order valence-corrected chi connectivity index (χ4v) is 2.63. The van der Waals surface area contributed by atoms with Gasteiger partial charge in [0.1, 0.15) is 0 Å². The molecule has 2 aromatic rings. The van der Waals surface area contributed by atoms with Crippen molar-refractivity contribution in [1.29, 1.82) is 0 Å². The van der Waals surface area contributed by atoms with E-state index in [1.54, 1.807) is 10.9 Å². The molecule has 2 unspecified atom stereocenters. The van der Waals surface area contributed by atoms with Gasteiger partial charge in [0.2, 0.25) is 0 Å². The number of anilines is 1. The van der Waals surface area contributed by atoms with Crippen molar-refractivity contribution in [3.63, 3.8) is 0 Å². The Morgan fingerprint density at radius 3 is 2.85 bits per heavy atom. The minimum absolute atomic E-state index is 0.0989. The van der Waals surface area contributed by atoms with Gasteiger partial charge < -0.3 is 5.73 Å². The Kier molecular flexibility index (Phi) is 4.49. The molecule has 0 bridgehead atoms. The normalized spacial score (nSPS) is 14.2. The van der Waals surface area contributed by atoms with E-state index in [2.05, 4.69) is 15.5 Å². The second-order valence-electron chi connectivity index (χ2n) is 4.93. The van der Waals surface area contributed by atoms with Crippen molar-refractivity contribution in [1.82, 2.24) is 20.2 Å². The number of hydrogen-bond donors (Lipinski definition) is 1. The van der Waals surface area contributed by atoms with Crippen molar-refractivity contribution in [2.75, 3.05) is 17.7 Å². The third-order valence-electron chi connectivity index (χ3n) is 3.26. The first-order chi connectivity index (χ1) is 9.49. The van der Waals surface area contributed by atoms with Gasteiger partial charge in [0.05, 0.1) is 6.04 Å². The number of hydrogen-bond acceptors (Lipinski definition) is 5. The molecule has 2 rings (SSSR count). The second kappa shape index (κ2) is 6.13. The van der Waals surface area contributed by atoms with Crippen molar-refractivity contribution in [3.8, 4) is 11.4 Å². The summed E-state index contributed by atoms with van der Waals surface area (Å²) in [5.41, 5.74) is 8.52. The maximum Gasteiger partial charge on any atom is 0.182 e. The van der Waals surface area contributed by atoms with Crippen LogP contribution in [0.1, 0.15) is 24.9 Å². The van der Waals surface area contributed by atoms with Crippen LogP contribution in [0.25, 0.3) is 11.4 Å².